The highest BCUT2D eigenvalue weighted by Crippen LogP contribution is 2.22. The fourth-order valence-corrected chi connectivity index (χ4v) is 3.33. The van der Waals surface area contributed by atoms with E-state index in [9.17, 15) is 8.42 Å². The molecular weight excluding hydrogens is 308 g/mol. The van der Waals surface area contributed by atoms with Crippen molar-refractivity contribution < 1.29 is 8.42 Å². The van der Waals surface area contributed by atoms with E-state index in [-0.39, 0.29) is 4.90 Å². The van der Waals surface area contributed by atoms with Crippen molar-refractivity contribution in [3.05, 3.63) is 58.9 Å². The highest BCUT2D eigenvalue weighted by atomic mass is 35.5. The standard InChI is InChI=1S/C15H13ClN2O2S/c1-21(19,20)13-7-3-6-12-15(13)18-14(17-12)9-10-4-2-5-11(16)8-10/h2-8H,9H2,1H3,(H,17,18). The smallest absolute Gasteiger partial charge is 0.177 e. The molecule has 0 spiro atoms. The fourth-order valence-electron chi connectivity index (χ4n) is 2.28. The van der Waals surface area contributed by atoms with Gasteiger partial charge < -0.3 is 4.98 Å². The van der Waals surface area contributed by atoms with E-state index in [2.05, 4.69) is 9.97 Å². The molecule has 21 heavy (non-hydrogen) atoms. The Bertz CT molecular complexity index is 916. The van der Waals surface area contributed by atoms with E-state index in [1.54, 1.807) is 12.1 Å². The average molecular weight is 321 g/mol. The zero-order valence-corrected chi connectivity index (χ0v) is 12.9. The number of sulfone groups is 1. The normalized spacial score (nSPS) is 11.9. The Morgan fingerprint density at radius 3 is 2.67 bits per heavy atom. The number of para-hydroxylation sites is 1. The van der Waals surface area contributed by atoms with Gasteiger partial charge in [0.2, 0.25) is 0 Å². The van der Waals surface area contributed by atoms with Gasteiger partial charge in [0.15, 0.2) is 9.84 Å². The van der Waals surface area contributed by atoms with E-state index in [0.29, 0.717) is 22.8 Å². The Kier molecular flexibility index (Phi) is 3.47. The highest BCUT2D eigenvalue weighted by molar-refractivity contribution is 7.91. The minimum absolute atomic E-state index is 0.244. The van der Waals surface area contributed by atoms with Crippen molar-refractivity contribution in [3.8, 4) is 0 Å². The van der Waals surface area contributed by atoms with Crippen molar-refractivity contribution in [1.29, 1.82) is 0 Å². The molecule has 2 aromatic carbocycles. The molecule has 0 fully saturated rings. The Morgan fingerprint density at radius 2 is 1.95 bits per heavy atom. The van der Waals surface area contributed by atoms with Crippen LogP contribution in [0.2, 0.25) is 5.02 Å². The summed E-state index contributed by atoms with van der Waals surface area (Å²) in [4.78, 5) is 7.83. The molecule has 0 aliphatic rings. The monoisotopic (exact) mass is 320 g/mol. The van der Waals surface area contributed by atoms with Gasteiger partial charge in [-0.2, -0.15) is 0 Å². The SMILES string of the molecule is CS(=O)(=O)c1cccc2[nH]c(Cc3cccc(Cl)c3)nc12. The van der Waals surface area contributed by atoms with Crippen LogP contribution in [0.4, 0.5) is 0 Å². The number of H-pyrrole nitrogens is 1. The van der Waals surface area contributed by atoms with Gasteiger partial charge in [-0.1, -0.05) is 29.8 Å². The van der Waals surface area contributed by atoms with E-state index in [1.807, 2.05) is 30.3 Å². The molecule has 4 nitrogen and oxygen atoms in total. The number of hydrogen-bond acceptors (Lipinski definition) is 3. The summed E-state index contributed by atoms with van der Waals surface area (Å²) < 4.78 is 23.6. The first-order chi connectivity index (χ1) is 9.93. The van der Waals surface area contributed by atoms with Crippen LogP contribution >= 0.6 is 11.6 Å². The van der Waals surface area contributed by atoms with Crippen molar-refractivity contribution in [2.45, 2.75) is 11.3 Å². The van der Waals surface area contributed by atoms with E-state index in [4.69, 9.17) is 11.6 Å². The molecule has 1 N–H and O–H groups in total. The number of hydrogen-bond donors (Lipinski definition) is 1. The summed E-state index contributed by atoms with van der Waals surface area (Å²) >= 11 is 5.96. The van der Waals surface area contributed by atoms with Gasteiger partial charge >= 0.3 is 0 Å². The molecule has 0 aliphatic heterocycles. The van der Waals surface area contributed by atoms with Crippen molar-refractivity contribution in [2.75, 3.05) is 6.26 Å². The van der Waals surface area contributed by atoms with Crippen LogP contribution in [0.5, 0.6) is 0 Å². The van der Waals surface area contributed by atoms with Gasteiger partial charge in [0.1, 0.15) is 11.3 Å². The third-order valence-corrected chi connectivity index (χ3v) is 4.55. The largest absolute Gasteiger partial charge is 0.342 e. The summed E-state index contributed by atoms with van der Waals surface area (Å²) in [5, 5.41) is 0.667. The van der Waals surface area contributed by atoms with Crippen LogP contribution in [0.3, 0.4) is 0 Å². The molecule has 0 saturated heterocycles. The molecular formula is C15H13ClN2O2S. The molecule has 0 radical (unpaired) electrons. The molecule has 0 unspecified atom stereocenters. The summed E-state index contributed by atoms with van der Waals surface area (Å²) in [6, 6.07) is 12.6. The molecule has 108 valence electrons. The number of fused-ring (bicyclic) bond motifs is 1. The number of nitrogens with zero attached hydrogens (tertiary/aromatic N) is 1. The van der Waals surface area contributed by atoms with Gasteiger partial charge in [-0.25, -0.2) is 13.4 Å². The minimum Gasteiger partial charge on any atom is -0.342 e. The van der Waals surface area contributed by atoms with Crippen LogP contribution in [0.25, 0.3) is 11.0 Å². The summed E-state index contributed by atoms with van der Waals surface area (Å²) in [5.41, 5.74) is 2.22. The first-order valence-corrected chi connectivity index (χ1v) is 8.62. The fraction of sp³-hybridized carbons (Fsp3) is 0.133. The third kappa shape index (κ3) is 2.94. The van der Waals surface area contributed by atoms with Gasteiger partial charge in [-0.05, 0) is 29.8 Å². The Hall–Kier alpha value is -1.85. The lowest BCUT2D eigenvalue weighted by atomic mass is 10.1. The van der Waals surface area contributed by atoms with E-state index in [0.717, 1.165) is 11.1 Å². The van der Waals surface area contributed by atoms with Gasteiger partial charge in [0.25, 0.3) is 0 Å². The predicted molar refractivity (Wildman–Crippen MR) is 83.5 cm³/mol. The van der Waals surface area contributed by atoms with Crippen molar-refractivity contribution in [2.24, 2.45) is 0 Å². The van der Waals surface area contributed by atoms with Crippen molar-refractivity contribution in [3.63, 3.8) is 0 Å². The summed E-state index contributed by atoms with van der Waals surface area (Å²) in [5.74, 6) is 0.711. The third-order valence-electron chi connectivity index (χ3n) is 3.18. The molecule has 1 heterocycles. The number of halogens is 1. The van der Waals surface area contributed by atoms with Crippen LogP contribution in [-0.4, -0.2) is 24.6 Å². The number of aromatic amines is 1. The average Bonchev–Trinajstić information content (AvgIpc) is 2.79. The molecule has 0 bridgehead atoms. The summed E-state index contributed by atoms with van der Waals surface area (Å²) in [6.45, 7) is 0. The zero-order chi connectivity index (χ0) is 15.0. The highest BCUT2D eigenvalue weighted by Gasteiger charge is 2.15. The second-order valence-electron chi connectivity index (χ2n) is 4.91. The minimum atomic E-state index is -3.30. The number of imidazole rings is 1. The van der Waals surface area contributed by atoms with Crippen LogP contribution in [-0.2, 0) is 16.3 Å². The maximum atomic E-state index is 11.8. The second-order valence-corrected chi connectivity index (χ2v) is 7.34. The van der Waals surface area contributed by atoms with Crippen molar-refractivity contribution >= 4 is 32.5 Å². The zero-order valence-electron chi connectivity index (χ0n) is 11.3. The van der Waals surface area contributed by atoms with Crippen LogP contribution in [0, 0.1) is 0 Å². The number of rotatable bonds is 3. The molecule has 6 heteroatoms. The van der Waals surface area contributed by atoms with Crippen LogP contribution in [0.15, 0.2) is 47.4 Å². The Balaban J connectivity index is 2.06. The lowest BCUT2D eigenvalue weighted by Crippen LogP contribution is -1.97. The predicted octanol–water partition coefficient (Wildman–Crippen LogP) is 3.21. The summed E-state index contributed by atoms with van der Waals surface area (Å²) in [6.07, 6.45) is 1.76. The van der Waals surface area contributed by atoms with Gasteiger partial charge in [-0.3, -0.25) is 0 Å². The first-order valence-electron chi connectivity index (χ1n) is 6.35. The maximum absolute atomic E-state index is 11.8. The van der Waals surface area contributed by atoms with E-state index < -0.39 is 9.84 Å². The van der Waals surface area contributed by atoms with Gasteiger partial charge in [-0.15, -0.1) is 0 Å². The topological polar surface area (TPSA) is 62.8 Å². The number of benzene rings is 2. The van der Waals surface area contributed by atoms with Crippen LogP contribution in [0.1, 0.15) is 11.4 Å². The lowest BCUT2D eigenvalue weighted by molar-refractivity contribution is 0.602. The van der Waals surface area contributed by atoms with E-state index in [1.165, 1.54) is 6.26 Å². The van der Waals surface area contributed by atoms with E-state index >= 15 is 0 Å². The molecule has 3 aromatic rings. The molecule has 0 amide bonds. The Morgan fingerprint density at radius 1 is 1.19 bits per heavy atom. The molecule has 0 aliphatic carbocycles. The Labute approximate surface area is 127 Å². The number of nitrogens with one attached hydrogen (secondary N) is 1. The second kappa shape index (κ2) is 5.16. The number of aromatic nitrogens is 2. The molecule has 1 aromatic heterocycles. The first kappa shape index (κ1) is 14.1. The quantitative estimate of drug-likeness (QED) is 0.806. The molecule has 0 saturated carbocycles. The van der Waals surface area contributed by atoms with Gasteiger partial charge in [0, 0.05) is 17.7 Å². The van der Waals surface area contributed by atoms with Gasteiger partial charge in [0.05, 0.1) is 10.4 Å². The maximum Gasteiger partial charge on any atom is 0.177 e. The molecule has 0 atom stereocenters. The summed E-state index contributed by atoms with van der Waals surface area (Å²) in [7, 11) is -3.30. The molecule has 3 rings (SSSR count). The van der Waals surface area contributed by atoms with Crippen LogP contribution < -0.4 is 0 Å². The van der Waals surface area contributed by atoms with Crippen molar-refractivity contribution in [1.82, 2.24) is 9.97 Å². The lowest BCUT2D eigenvalue weighted by Gasteiger charge is -1.98.